The molecule has 0 aliphatic heterocycles. The highest BCUT2D eigenvalue weighted by atomic mass is 35.5. The zero-order valence-electron chi connectivity index (χ0n) is 11.5. The highest BCUT2D eigenvalue weighted by Crippen LogP contribution is 2.27. The molecule has 0 heterocycles. The number of aryl methyl sites for hydroxylation is 1. The first kappa shape index (κ1) is 15.2. The topological polar surface area (TPSA) is 35.2 Å². The molecular weight excluding hydrogens is 293 g/mol. The summed E-state index contributed by atoms with van der Waals surface area (Å²) in [4.78, 5) is 0. The van der Waals surface area contributed by atoms with Crippen molar-refractivity contribution >= 4 is 23.2 Å². The van der Waals surface area contributed by atoms with Gasteiger partial charge in [-0.2, -0.15) is 0 Å². The van der Waals surface area contributed by atoms with E-state index in [4.69, 9.17) is 33.7 Å². The van der Waals surface area contributed by atoms with Crippen LogP contribution in [0.1, 0.15) is 29.7 Å². The van der Waals surface area contributed by atoms with Crippen LogP contribution in [0.25, 0.3) is 0 Å². The van der Waals surface area contributed by atoms with E-state index in [1.807, 2.05) is 38.1 Å². The van der Waals surface area contributed by atoms with Gasteiger partial charge in [-0.1, -0.05) is 41.4 Å². The first-order valence-electron chi connectivity index (χ1n) is 6.41. The van der Waals surface area contributed by atoms with E-state index in [1.165, 1.54) is 0 Å². The van der Waals surface area contributed by atoms with Crippen molar-refractivity contribution in [3.63, 3.8) is 0 Å². The van der Waals surface area contributed by atoms with Crippen LogP contribution in [0.3, 0.4) is 0 Å². The van der Waals surface area contributed by atoms with Gasteiger partial charge in [0, 0.05) is 21.7 Å². The molecule has 0 saturated carbocycles. The van der Waals surface area contributed by atoms with Crippen LogP contribution in [0.2, 0.25) is 10.0 Å². The van der Waals surface area contributed by atoms with Crippen molar-refractivity contribution in [3.05, 3.63) is 63.1 Å². The first-order valence-corrected chi connectivity index (χ1v) is 7.16. The van der Waals surface area contributed by atoms with Gasteiger partial charge in [-0.3, -0.25) is 0 Å². The van der Waals surface area contributed by atoms with Gasteiger partial charge in [-0.05, 0) is 43.2 Å². The quantitative estimate of drug-likeness (QED) is 0.871. The molecular formula is C16H17Cl2NO. The fourth-order valence-electron chi connectivity index (χ4n) is 1.94. The van der Waals surface area contributed by atoms with Gasteiger partial charge in [0.15, 0.2) is 0 Å². The van der Waals surface area contributed by atoms with Gasteiger partial charge in [0.25, 0.3) is 0 Å². The highest BCUT2D eigenvalue weighted by molar-refractivity contribution is 6.35. The lowest BCUT2D eigenvalue weighted by atomic mass is 10.1. The van der Waals surface area contributed by atoms with Gasteiger partial charge < -0.3 is 10.5 Å². The monoisotopic (exact) mass is 309 g/mol. The molecule has 0 aromatic heterocycles. The van der Waals surface area contributed by atoms with E-state index in [2.05, 4.69) is 0 Å². The molecule has 0 aliphatic rings. The number of halogens is 2. The van der Waals surface area contributed by atoms with E-state index in [1.54, 1.807) is 12.1 Å². The summed E-state index contributed by atoms with van der Waals surface area (Å²) in [5.74, 6) is 0.811. The van der Waals surface area contributed by atoms with E-state index in [0.717, 1.165) is 22.4 Å². The van der Waals surface area contributed by atoms with Gasteiger partial charge in [0.05, 0.1) is 0 Å². The van der Waals surface area contributed by atoms with E-state index in [0.29, 0.717) is 16.7 Å². The summed E-state index contributed by atoms with van der Waals surface area (Å²) in [6, 6.07) is 11.4. The molecule has 4 heteroatoms. The van der Waals surface area contributed by atoms with Crippen LogP contribution < -0.4 is 10.5 Å². The first-order chi connectivity index (χ1) is 9.49. The molecule has 2 rings (SSSR count). The summed E-state index contributed by atoms with van der Waals surface area (Å²) in [5.41, 5.74) is 8.79. The second kappa shape index (κ2) is 6.49. The van der Waals surface area contributed by atoms with Gasteiger partial charge in [-0.15, -0.1) is 0 Å². The van der Waals surface area contributed by atoms with E-state index >= 15 is 0 Å². The number of hydrogen-bond acceptors (Lipinski definition) is 2. The standard InChI is InChI=1S/C16H17Cl2NO/c1-10-8-12(11(2)19)6-7-16(10)20-9-13-14(17)4-3-5-15(13)18/h3-8,11H,9,19H2,1-2H3/t11-/m1/s1. The Morgan fingerprint density at radius 2 is 1.80 bits per heavy atom. The molecule has 0 spiro atoms. The normalized spacial score (nSPS) is 12.2. The van der Waals surface area contributed by atoms with Gasteiger partial charge in [-0.25, -0.2) is 0 Å². The third-order valence-corrected chi connectivity index (χ3v) is 3.87. The Bertz CT molecular complexity index is 591. The number of ether oxygens (including phenoxy) is 1. The maximum Gasteiger partial charge on any atom is 0.122 e. The van der Waals surface area contributed by atoms with Crippen molar-refractivity contribution in [3.8, 4) is 5.75 Å². The molecule has 0 saturated heterocycles. The average Bonchev–Trinajstić information content (AvgIpc) is 2.39. The number of rotatable bonds is 4. The van der Waals surface area contributed by atoms with Gasteiger partial charge >= 0.3 is 0 Å². The van der Waals surface area contributed by atoms with Crippen LogP contribution in [0.4, 0.5) is 0 Å². The van der Waals surface area contributed by atoms with Crippen molar-refractivity contribution in [1.29, 1.82) is 0 Å². The summed E-state index contributed by atoms with van der Waals surface area (Å²) in [6.07, 6.45) is 0. The van der Waals surface area contributed by atoms with Crippen molar-refractivity contribution in [2.75, 3.05) is 0 Å². The third-order valence-electron chi connectivity index (χ3n) is 3.16. The van der Waals surface area contributed by atoms with Gasteiger partial charge in [0.1, 0.15) is 12.4 Å². The molecule has 0 aliphatic carbocycles. The molecule has 0 amide bonds. The summed E-state index contributed by atoms with van der Waals surface area (Å²) in [5, 5.41) is 1.23. The molecule has 2 N–H and O–H groups in total. The molecule has 0 unspecified atom stereocenters. The Hall–Kier alpha value is -1.22. The molecule has 106 valence electrons. The Morgan fingerprint density at radius 1 is 1.15 bits per heavy atom. The van der Waals surface area contributed by atoms with Crippen molar-refractivity contribution in [2.45, 2.75) is 26.5 Å². The van der Waals surface area contributed by atoms with Crippen molar-refractivity contribution in [2.24, 2.45) is 5.73 Å². The lowest BCUT2D eigenvalue weighted by molar-refractivity contribution is 0.304. The summed E-state index contributed by atoms with van der Waals surface area (Å²) < 4.78 is 5.81. The van der Waals surface area contributed by atoms with Crippen molar-refractivity contribution < 1.29 is 4.74 Å². The van der Waals surface area contributed by atoms with Gasteiger partial charge in [0.2, 0.25) is 0 Å². The van der Waals surface area contributed by atoms with Crippen LogP contribution in [0.5, 0.6) is 5.75 Å². The van der Waals surface area contributed by atoms with E-state index in [-0.39, 0.29) is 6.04 Å². The number of benzene rings is 2. The Kier molecular flexibility index (Phi) is 4.92. The fraction of sp³-hybridized carbons (Fsp3) is 0.250. The highest BCUT2D eigenvalue weighted by Gasteiger charge is 2.08. The second-order valence-electron chi connectivity index (χ2n) is 4.80. The molecule has 2 aromatic rings. The Balaban J connectivity index is 2.15. The molecule has 2 aromatic carbocycles. The minimum Gasteiger partial charge on any atom is -0.489 e. The molecule has 0 bridgehead atoms. The molecule has 0 radical (unpaired) electrons. The van der Waals surface area contributed by atoms with Crippen LogP contribution in [0, 0.1) is 6.92 Å². The predicted molar refractivity (Wildman–Crippen MR) is 84.6 cm³/mol. The number of nitrogens with two attached hydrogens (primary N) is 1. The lowest BCUT2D eigenvalue weighted by Gasteiger charge is -2.13. The summed E-state index contributed by atoms with van der Waals surface area (Å²) in [7, 11) is 0. The maximum absolute atomic E-state index is 6.12. The van der Waals surface area contributed by atoms with Crippen LogP contribution >= 0.6 is 23.2 Å². The van der Waals surface area contributed by atoms with E-state index in [9.17, 15) is 0 Å². The smallest absolute Gasteiger partial charge is 0.122 e. The average molecular weight is 310 g/mol. The predicted octanol–water partition coefficient (Wildman–Crippen LogP) is 4.90. The number of hydrogen-bond donors (Lipinski definition) is 1. The lowest BCUT2D eigenvalue weighted by Crippen LogP contribution is -2.05. The Labute approximate surface area is 129 Å². The largest absolute Gasteiger partial charge is 0.489 e. The minimum atomic E-state index is 0.0146. The van der Waals surface area contributed by atoms with Crippen LogP contribution in [0.15, 0.2) is 36.4 Å². The molecule has 0 fully saturated rings. The maximum atomic E-state index is 6.12. The van der Waals surface area contributed by atoms with Crippen LogP contribution in [-0.2, 0) is 6.61 Å². The minimum absolute atomic E-state index is 0.0146. The summed E-state index contributed by atoms with van der Waals surface area (Å²) in [6.45, 7) is 4.30. The molecule has 2 nitrogen and oxygen atoms in total. The molecule has 20 heavy (non-hydrogen) atoms. The van der Waals surface area contributed by atoms with Crippen LogP contribution in [-0.4, -0.2) is 0 Å². The fourth-order valence-corrected chi connectivity index (χ4v) is 2.44. The SMILES string of the molecule is Cc1cc([C@@H](C)N)ccc1OCc1c(Cl)cccc1Cl. The van der Waals surface area contributed by atoms with E-state index < -0.39 is 0 Å². The zero-order valence-corrected chi connectivity index (χ0v) is 13.0. The Morgan fingerprint density at radius 3 is 2.35 bits per heavy atom. The zero-order chi connectivity index (χ0) is 14.7. The third kappa shape index (κ3) is 3.45. The second-order valence-corrected chi connectivity index (χ2v) is 5.62. The summed E-state index contributed by atoms with van der Waals surface area (Å²) >= 11 is 12.2. The van der Waals surface area contributed by atoms with Crippen molar-refractivity contribution in [1.82, 2.24) is 0 Å². The molecule has 1 atom stereocenters.